The molecule has 174 valence electrons. The van der Waals surface area contributed by atoms with Crippen LogP contribution in [0.5, 0.6) is 0 Å². The number of nitrogens with two attached hydrogens (primary N) is 1. The van der Waals surface area contributed by atoms with Gasteiger partial charge in [-0.1, -0.05) is 78.9 Å². The maximum Gasteiger partial charge on any atom is 0.215 e. The van der Waals surface area contributed by atoms with Gasteiger partial charge in [0.2, 0.25) is 5.78 Å². The fraction of sp³-hybridized carbons (Fsp3) is 0.167. The van der Waals surface area contributed by atoms with Crippen molar-refractivity contribution < 1.29 is 4.79 Å². The number of benzene rings is 2. The molecular formula is C30H28N4O. The summed E-state index contributed by atoms with van der Waals surface area (Å²) in [7, 11) is 0. The summed E-state index contributed by atoms with van der Waals surface area (Å²) in [6, 6.07) is 28.0. The van der Waals surface area contributed by atoms with E-state index in [1.54, 1.807) is 18.3 Å². The maximum atomic E-state index is 13.4. The van der Waals surface area contributed by atoms with Crippen LogP contribution in [0.1, 0.15) is 51.5 Å². The lowest BCUT2D eigenvalue weighted by molar-refractivity contribution is 0.103. The monoisotopic (exact) mass is 460 g/mol. The quantitative estimate of drug-likeness (QED) is 0.366. The smallest absolute Gasteiger partial charge is 0.215 e. The van der Waals surface area contributed by atoms with Crippen LogP contribution < -0.4 is 10.6 Å². The van der Waals surface area contributed by atoms with Crippen molar-refractivity contribution in [3.05, 3.63) is 119 Å². The summed E-state index contributed by atoms with van der Waals surface area (Å²) in [4.78, 5) is 24.7. The first-order chi connectivity index (χ1) is 17.2. The van der Waals surface area contributed by atoms with Gasteiger partial charge in [-0.3, -0.25) is 4.79 Å². The average Bonchev–Trinajstić information content (AvgIpc) is 2.93. The number of carbonyl (C=O) groups is 1. The topological polar surface area (TPSA) is 72.1 Å². The molecule has 4 aromatic rings. The summed E-state index contributed by atoms with van der Waals surface area (Å²) in [6.45, 7) is 1.82. The summed E-state index contributed by atoms with van der Waals surface area (Å²) in [6.07, 6.45) is 7.84. The zero-order valence-electron chi connectivity index (χ0n) is 19.5. The second-order valence-electron chi connectivity index (χ2n) is 8.85. The lowest BCUT2D eigenvalue weighted by Gasteiger charge is -2.34. The van der Waals surface area contributed by atoms with Crippen LogP contribution in [-0.2, 0) is 0 Å². The first-order valence-corrected chi connectivity index (χ1v) is 12.0. The Bertz CT molecular complexity index is 1340. The summed E-state index contributed by atoms with van der Waals surface area (Å²) >= 11 is 0. The highest BCUT2D eigenvalue weighted by molar-refractivity contribution is 6.11. The Morgan fingerprint density at radius 1 is 0.914 bits per heavy atom. The standard InChI is InChI=1S/C30H28N4O/c31-30-26(19-23(20-32-30)17-16-22-9-3-1-4-10-22)29(35)27-14-7-15-28(33-27)34-18-8-13-25(21-34)24-11-5-2-6-12-24/h1-7,9-12,14-17,19-20,25H,8,13,18,21H2,(H2,31,32)/b17-16+. The van der Waals surface area contributed by atoms with Crippen molar-refractivity contribution in [2.75, 3.05) is 23.7 Å². The summed E-state index contributed by atoms with van der Waals surface area (Å²) in [5, 5.41) is 0. The molecule has 1 saturated heterocycles. The first-order valence-electron chi connectivity index (χ1n) is 12.0. The van der Waals surface area contributed by atoms with E-state index in [0.717, 1.165) is 42.9 Å². The van der Waals surface area contributed by atoms with Gasteiger partial charge in [-0.05, 0) is 47.7 Å². The van der Waals surface area contributed by atoms with Crippen molar-refractivity contribution in [1.29, 1.82) is 0 Å². The Morgan fingerprint density at radius 2 is 1.66 bits per heavy atom. The van der Waals surface area contributed by atoms with Crippen LogP contribution in [0.4, 0.5) is 11.6 Å². The molecule has 1 aliphatic rings. The molecule has 0 saturated carbocycles. The Labute approximate surface area is 206 Å². The minimum atomic E-state index is -0.219. The average molecular weight is 461 g/mol. The zero-order valence-corrected chi connectivity index (χ0v) is 19.5. The summed E-state index contributed by atoms with van der Waals surface area (Å²) < 4.78 is 0. The molecule has 5 heteroatoms. The van der Waals surface area contributed by atoms with Crippen LogP contribution in [0, 0.1) is 0 Å². The van der Waals surface area contributed by atoms with Gasteiger partial charge in [-0.25, -0.2) is 9.97 Å². The molecule has 1 unspecified atom stereocenters. The van der Waals surface area contributed by atoms with Crippen LogP contribution in [0.15, 0.2) is 91.1 Å². The second kappa shape index (κ2) is 10.3. The first kappa shape index (κ1) is 22.5. The molecule has 5 rings (SSSR count). The molecule has 0 bridgehead atoms. The third kappa shape index (κ3) is 5.30. The minimum Gasteiger partial charge on any atom is -0.383 e. The molecule has 0 aliphatic carbocycles. The van der Waals surface area contributed by atoms with Crippen LogP contribution in [0.3, 0.4) is 0 Å². The Kier molecular flexibility index (Phi) is 6.66. The van der Waals surface area contributed by atoms with Crippen LogP contribution in [0.25, 0.3) is 12.2 Å². The van der Waals surface area contributed by atoms with Gasteiger partial charge in [0.25, 0.3) is 0 Å². The number of hydrogen-bond donors (Lipinski definition) is 1. The number of ketones is 1. The molecule has 2 aromatic heterocycles. The molecule has 0 amide bonds. The number of aromatic nitrogens is 2. The van der Waals surface area contributed by atoms with E-state index >= 15 is 0 Å². The third-order valence-electron chi connectivity index (χ3n) is 6.44. The van der Waals surface area contributed by atoms with E-state index < -0.39 is 0 Å². The van der Waals surface area contributed by atoms with Gasteiger partial charge in [0.05, 0.1) is 5.56 Å². The van der Waals surface area contributed by atoms with Gasteiger partial charge < -0.3 is 10.6 Å². The van der Waals surface area contributed by atoms with Gasteiger partial charge in [0.1, 0.15) is 17.3 Å². The Balaban J connectivity index is 1.36. The lowest BCUT2D eigenvalue weighted by Crippen LogP contribution is -2.35. The highest BCUT2D eigenvalue weighted by Crippen LogP contribution is 2.29. The maximum absolute atomic E-state index is 13.4. The van der Waals surface area contributed by atoms with Crippen molar-refractivity contribution in [3.63, 3.8) is 0 Å². The van der Waals surface area contributed by atoms with E-state index in [1.807, 2.05) is 60.7 Å². The predicted octanol–water partition coefficient (Wildman–Crippen LogP) is 5.84. The Morgan fingerprint density at radius 3 is 2.46 bits per heavy atom. The highest BCUT2D eigenvalue weighted by atomic mass is 16.1. The summed E-state index contributed by atoms with van der Waals surface area (Å²) in [5.74, 6) is 1.27. The van der Waals surface area contributed by atoms with Crippen molar-refractivity contribution in [2.45, 2.75) is 18.8 Å². The van der Waals surface area contributed by atoms with Crippen LogP contribution in [0.2, 0.25) is 0 Å². The van der Waals surface area contributed by atoms with Gasteiger partial charge in [-0.15, -0.1) is 0 Å². The van der Waals surface area contributed by atoms with Crippen molar-refractivity contribution in [3.8, 4) is 0 Å². The van der Waals surface area contributed by atoms with Gasteiger partial charge >= 0.3 is 0 Å². The summed E-state index contributed by atoms with van der Waals surface area (Å²) in [5.41, 5.74) is 10.1. The minimum absolute atomic E-state index is 0.209. The fourth-order valence-corrected chi connectivity index (χ4v) is 4.57. The van der Waals surface area contributed by atoms with Crippen LogP contribution >= 0.6 is 0 Å². The number of anilines is 2. The predicted molar refractivity (Wildman–Crippen MR) is 142 cm³/mol. The number of nitrogens with zero attached hydrogens (tertiary/aromatic N) is 3. The van der Waals surface area contributed by atoms with E-state index in [1.165, 1.54) is 5.56 Å². The van der Waals surface area contributed by atoms with Crippen LogP contribution in [-0.4, -0.2) is 28.8 Å². The molecule has 1 atom stereocenters. The lowest BCUT2D eigenvalue weighted by atomic mass is 9.90. The molecule has 5 nitrogen and oxygen atoms in total. The fourth-order valence-electron chi connectivity index (χ4n) is 4.57. The molecule has 35 heavy (non-hydrogen) atoms. The number of carbonyl (C=O) groups excluding carboxylic acids is 1. The molecule has 1 fully saturated rings. The van der Waals surface area contributed by atoms with Gasteiger partial charge in [-0.2, -0.15) is 0 Å². The van der Waals surface area contributed by atoms with E-state index in [2.05, 4.69) is 34.1 Å². The molecule has 0 radical (unpaired) electrons. The number of pyridine rings is 2. The molecule has 1 aliphatic heterocycles. The van der Waals surface area contributed by atoms with E-state index in [4.69, 9.17) is 10.7 Å². The molecule has 2 N–H and O–H groups in total. The van der Waals surface area contributed by atoms with E-state index in [-0.39, 0.29) is 11.6 Å². The SMILES string of the molecule is Nc1ncc(/C=C/c2ccccc2)cc1C(=O)c1cccc(N2CCCC(c3ccccc3)C2)n1. The number of nitrogen functional groups attached to an aromatic ring is 1. The highest BCUT2D eigenvalue weighted by Gasteiger charge is 2.23. The number of hydrogen-bond acceptors (Lipinski definition) is 5. The Hall–Kier alpha value is -4.25. The van der Waals surface area contributed by atoms with Gasteiger partial charge in [0, 0.05) is 25.2 Å². The van der Waals surface area contributed by atoms with Gasteiger partial charge in [0.15, 0.2) is 0 Å². The largest absolute Gasteiger partial charge is 0.383 e. The number of piperidine rings is 1. The van der Waals surface area contributed by atoms with Crippen molar-refractivity contribution in [2.24, 2.45) is 0 Å². The zero-order chi connectivity index (χ0) is 24.0. The molecule has 3 heterocycles. The van der Waals surface area contributed by atoms with Crippen molar-refractivity contribution >= 4 is 29.6 Å². The molecule has 2 aromatic carbocycles. The van der Waals surface area contributed by atoms with Crippen molar-refractivity contribution in [1.82, 2.24) is 9.97 Å². The second-order valence-corrected chi connectivity index (χ2v) is 8.85. The number of rotatable bonds is 6. The molecule has 0 spiro atoms. The third-order valence-corrected chi connectivity index (χ3v) is 6.44. The van der Waals surface area contributed by atoms with E-state index in [0.29, 0.717) is 17.2 Å². The van der Waals surface area contributed by atoms with E-state index in [9.17, 15) is 4.79 Å². The normalized spacial score (nSPS) is 15.9. The molecular weight excluding hydrogens is 432 g/mol.